The van der Waals surface area contributed by atoms with Crippen LogP contribution in [0.15, 0.2) is 18.2 Å². The monoisotopic (exact) mass is 210 g/mol. The van der Waals surface area contributed by atoms with Crippen molar-refractivity contribution in [2.24, 2.45) is 0 Å². The average Bonchev–Trinajstić information content (AvgIpc) is 2.02. The molecular formula is C8H6ClF3O. The Labute approximate surface area is 77.8 Å². The zero-order chi connectivity index (χ0) is 10.1. The predicted octanol–water partition coefficient (Wildman–Crippen LogP) is 3.15. The maximum absolute atomic E-state index is 12.2. The third-order valence-corrected chi connectivity index (χ3v) is 1.86. The van der Waals surface area contributed by atoms with Crippen molar-refractivity contribution >= 4 is 11.6 Å². The minimum absolute atomic E-state index is 0.0801. The Bertz CT molecular complexity index is 309. The van der Waals surface area contributed by atoms with E-state index in [1.165, 1.54) is 12.1 Å². The molecule has 5 heteroatoms. The topological polar surface area (TPSA) is 20.2 Å². The lowest BCUT2D eigenvalue weighted by atomic mass is 10.1. The van der Waals surface area contributed by atoms with Crippen LogP contribution in [0.3, 0.4) is 0 Å². The van der Waals surface area contributed by atoms with Gasteiger partial charge in [0.1, 0.15) is 5.75 Å². The van der Waals surface area contributed by atoms with Gasteiger partial charge in [-0.1, -0.05) is 12.1 Å². The summed E-state index contributed by atoms with van der Waals surface area (Å²) in [5, 5.41) is 9.12. The summed E-state index contributed by atoms with van der Waals surface area (Å²) >= 11 is 5.33. The summed E-state index contributed by atoms with van der Waals surface area (Å²) in [4.78, 5) is 0. The first-order valence-corrected chi connectivity index (χ1v) is 3.94. The Kier molecular flexibility index (Phi) is 2.71. The lowest BCUT2D eigenvalue weighted by molar-refractivity contribution is -0.138. The first-order chi connectivity index (χ1) is 5.96. The second kappa shape index (κ2) is 3.46. The van der Waals surface area contributed by atoms with E-state index in [0.717, 1.165) is 6.07 Å². The number of halogens is 4. The molecule has 0 aromatic heterocycles. The molecule has 1 nitrogen and oxygen atoms in total. The highest BCUT2D eigenvalue weighted by atomic mass is 35.5. The Morgan fingerprint density at radius 3 is 2.38 bits per heavy atom. The summed E-state index contributed by atoms with van der Waals surface area (Å²) in [6.45, 7) is 0. The van der Waals surface area contributed by atoms with Gasteiger partial charge in [-0.15, -0.1) is 11.6 Å². The number of hydrogen-bond donors (Lipinski definition) is 1. The predicted molar refractivity (Wildman–Crippen MR) is 42.7 cm³/mol. The quantitative estimate of drug-likeness (QED) is 0.706. The number of rotatable bonds is 1. The van der Waals surface area contributed by atoms with Crippen molar-refractivity contribution in [3.8, 4) is 5.75 Å². The van der Waals surface area contributed by atoms with Gasteiger partial charge in [0.15, 0.2) is 0 Å². The molecule has 72 valence electrons. The second-order valence-electron chi connectivity index (χ2n) is 2.44. The van der Waals surface area contributed by atoms with Crippen LogP contribution in [0, 0.1) is 0 Å². The van der Waals surface area contributed by atoms with Crippen molar-refractivity contribution in [1.29, 1.82) is 0 Å². The molecule has 0 saturated heterocycles. The maximum atomic E-state index is 12.2. The molecule has 0 heterocycles. The van der Waals surface area contributed by atoms with Crippen LogP contribution in [0.25, 0.3) is 0 Å². The summed E-state index contributed by atoms with van der Waals surface area (Å²) in [6.07, 6.45) is -4.54. The molecule has 0 spiro atoms. The molecule has 0 aliphatic carbocycles. The lowest BCUT2D eigenvalue weighted by Crippen LogP contribution is -2.05. The van der Waals surface area contributed by atoms with Crippen molar-refractivity contribution in [2.45, 2.75) is 12.1 Å². The number of phenolic OH excluding ortho intramolecular Hbond substituents is 1. The summed E-state index contributed by atoms with van der Waals surface area (Å²) in [5.41, 5.74) is -0.970. The maximum Gasteiger partial charge on any atom is 0.419 e. The fourth-order valence-corrected chi connectivity index (χ4v) is 1.14. The van der Waals surface area contributed by atoms with E-state index in [9.17, 15) is 13.2 Å². The van der Waals surface area contributed by atoms with Crippen LogP contribution in [0.5, 0.6) is 5.75 Å². The first kappa shape index (κ1) is 10.2. The van der Waals surface area contributed by atoms with E-state index in [2.05, 4.69) is 0 Å². The smallest absolute Gasteiger partial charge is 0.419 e. The van der Waals surface area contributed by atoms with E-state index < -0.39 is 17.5 Å². The Morgan fingerprint density at radius 2 is 1.92 bits per heavy atom. The summed E-state index contributed by atoms with van der Waals surface area (Å²) < 4.78 is 36.5. The molecule has 1 aromatic rings. The van der Waals surface area contributed by atoms with E-state index >= 15 is 0 Å². The normalized spacial score (nSPS) is 11.7. The Hall–Kier alpha value is -0.900. The van der Waals surface area contributed by atoms with Crippen molar-refractivity contribution in [1.82, 2.24) is 0 Å². The van der Waals surface area contributed by atoms with Gasteiger partial charge in [-0.3, -0.25) is 0 Å². The van der Waals surface area contributed by atoms with Gasteiger partial charge in [0.05, 0.1) is 11.4 Å². The molecule has 0 atom stereocenters. The molecule has 13 heavy (non-hydrogen) atoms. The van der Waals surface area contributed by atoms with Crippen LogP contribution >= 0.6 is 11.6 Å². The standard InChI is InChI=1S/C8H6ClF3O/c9-4-5-2-1-3-6(7(5)13)8(10,11)12/h1-3,13H,4H2. The SMILES string of the molecule is Oc1c(CCl)cccc1C(F)(F)F. The average molecular weight is 211 g/mol. The Morgan fingerprint density at radius 1 is 1.31 bits per heavy atom. The molecule has 1 aromatic carbocycles. The second-order valence-corrected chi connectivity index (χ2v) is 2.71. The van der Waals surface area contributed by atoms with Crippen LogP contribution in [-0.4, -0.2) is 5.11 Å². The van der Waals surface area contributed by atoms with Gasteiger partial charge in [-0.25, -0.2) is 0 Å². The third kappa shape index (κ3) is 2.06. The van der Waals surface area contributed by atoms with Gasteiger partial charge in [0.2, 0.25) is 0 Å². The molecule has 0 radical (unpaired) electrons. The van der Waals surface area contributed by atoms with Gasteiger partial charge < -0.3 is 5.11 Å². The van der Waals surface area contributed by atoms with E-state index in [1.807, 2.05) is 0 Å². The van der Waals surface area contributed by atoms with Crippen molar-refractivity contribution in [3.05, 3.63) is 29.3 Å². The van der Waals surface area contributed by atoms with Crippen molar-refractivity contribution in [3.63, 3.8) is 0 Å². The van der Waals surface area contributed by atoms with Crippen LogP contribution in [-0.2, 0) is 12.1 Å². The lowest BCUT2D eigenvalue weighted by Gasteiger charge is -2.10. The minimum Gasteiger partial charge on any atom is -0.507 e. The molecule has 0 fully saturated rings. The van der Waals surface area contributed by atoms with E-state index in [4.69, 9.17) is 16.7 Å². The minimum atomic E-state index is -4.54. The number of para-hydroxylation sites is 1. The van der Waals surface area contributed by atoms with Gasteiger partial charge >= 0.3 is 6.18 Å². The van der Waals surface area contributed by atoms with Crippen LogP contribution in [0.2, 0.25) is 0 Å². The largest absolute Gasteiger partial charge is 0.507 e. The summed E-state index contributed by atoms with van der Waals surface area (Å²) in [7, 11) is 0. The van der Waals surface area contributed by atoms with Gasteiger partial charge in [0.25, 0.3) is 0 Å². The molecule has 1 N–H and O–H groups in total. The molecule has 0 saturated carbocycles. The molecule has 0 aliphatic rings. The summed E-state index contributed by atoms with van der Waals surface area (Å²) in [6, 6.07) is 3.36. The highest BCUT2D eigenvalue weighted by Crippen LogP contribution is 2.37. The number of hydrogen-bond acceptors (Lipinski definition) is 1. The molecule has 1 rings (SSSR count). The first-order valence-electron chi connectivity index (χ1n) is 3.41. The van der Waals surface area contributed by atoms with Crippen LogP contribution in [0.4, 0.5) is 13.2 Å². The molecule has 0 amide bonds. The van der Waals surface area contributed by atoms with Gasteiger partial charge in [-0.05, 0) is 6.07 Å². The third-order valence-electron chi connectivity index (χ3n) is 1.57. The number of benzene rings is 1. The number of aromatic hydroxyl groups is 1. The van der Waals surface area contributed by atoms with Crippen molar-refractivity contribution in [2.75, 3.05) is 0 Å². The fourth-order valence-electron chi connectivity index (χ4n) is 0.928. The van der Waals surface area contributed by atoms with E-state index in [0.29, 0.717) is 0 Å². The zero-order valence-corrected chi connectivity index (χ0v) is 7.15. The molecule has 0 aliphatic heterocycles. The summed E-state index contributed by atoms with van der Waals surface area (Å²) in [5.74, 6) is -0.930. The van der Waals surface area contributed by atoms with Crippen LogP contribution in [0.1, 0.15) is 11.1 Å². The van der Waals surface area contributed by atoms with E-state index in [-0.39, 0.29) is 11.4 Å². The van der Waals surface area contributed by atoms with Gasteiger partial charge in [0, 0.05) is 5.56 Å². The zero-order valence-electron chi connectivity index (χ0n) is 6.40. The highest BCUT2D eigenvalue weighted by Gasteiger charge is 2.34. The number of alkyl halides is 4. The van der Waals surface area contributed by atoms with Crippen molar-refractivity contribution < 1.29 is 18.3 Å². The molecular weight excluding hydrogens is 205 g/mol. The van der Waals surface area contributed by atoms with E-state index in [1.54, 1.807) is 0 Å². The number of phenols is 1. The Balaban J connectivity index is 3.24. The van der Waals surface area contributed by atoms with Gasteiger partial charge in [-0.2, -0.15) is 13.2 Å². The molecule has 0 bridgehead atoms. The van der Waals surface area contributed by atoms with Crippen LogP contribution < -0.4 is 0 Å². The fraction of sp³-hybridized carbons (Fsp3) is 0.250. The highest BCUT2D eigenvalue weighted by molar-refractivity contribution is 6.17. The molecule has 0 unspecified atom stereocenters.